The highest BCUT2D eigenvalue weighted by molar-refractivity contribution is 5.75. The average molecular weight is 276 g/mol. The Morgan fingerprint density at radius 1 is 1.20 bits per heavy atom. The quantitative estimate of drug-likeness (QED) is 0.717. The highest BCUT2D eigenvalue weighted by atomic mass is 16.1. The Labute approximate surface area is 123 Å². The summed E-state index contributed by atoms with van der Waals surface area (Å²) in [6.45, 7) is 8.06. The summed E-state index contributed by atoms with van der Waals surface area (Å²) in [5.74, 6) is 0.138. The van der Waals surface area contributed by atoms with Gasteiger partial charge < -0.3 is 10.6 Å². The van der Waals surface area contributed by atoms with Crippen molar-refractivity contribution in [1.29, 1.82) is 0 Å². The molecular formula is C17H28N2O. The fourth-order valence-electron chi connectivity index (χ4n) is 2.13. The molecular weight excluding hydrogens is 248 g/mol. The molecule has 0 saturated heterocycles. The maximum atomic E-state index is 11.8. The smallest absolute Gasteiger partial charge is 0.220 e. The van der Waals surface area contributed by atoms with E-state index in [1.165, 1.54) is 11.1 Å². The minimum absolute atomic E-state index is 0.0368. The average Bonchev–Trinajstić information content (AvgIpc) is 2.45. The molecule has 0 aliphatic rings. The Morgan fingerprint density at radius 3 is 2.40 bits per heavy atom. The fourth-order valence-corrected chi connectivity index (χ4v) is 2.13. The van der Waals surface area contributed by atoms with E-state index in [2.05, 4.69) is 55.7 Å². The molecule has 0 atom stereocenters. The van der Waals surface area contributed by atoms with Crippen LogP contribution >= 0.6 is 0 Å². The summed E-state index contributed by atoms with van der Waals surface area (Å²) in [5.41, 5.74) is 2.58. The van der Waals surface area contributed by atoms with E-state index in [4.69, 9.17) is 0 Å². The molecule has 112 valence electrons. The van der Waals surface area contributed by atoms with Crippen molar-refractivity contribution < 1.29 is 4.79 Å². The van der Waals surface area contributed by atoms with Crippen LogP contribution in [0, 0.1) is 0 Å². The molecule has 20 heavy (non-hydrogen) atoms. The normalized spacial score (nSPS) is 11.4. The van der Waals surface area contributed by atoms with Gasteiger partial charge in [-0.3, -0.25) is 4.79 Å². The van der Waals surface area contributed by atoms with Crippen LogP contribution in [-0.4, -0.2) is 26.0 Å². The molecule has 2 N–H and O–H groups in total. The molecule has 3 heteroatoms. The van der Waals surface area contributed by atoms with Gasteiger partial charge in [0, 0.05) is 18.4 Å². The van der Waals surface area contributed by atoms with Crippen molar-refractivity contribution in [3.8, 4) is 0 Å². The number of rotatable bonds is 8. The summed E-state index contributed by atoms with van der Waals surface area (Å²) in [6.07, 6.45) is 2.53. The van der Waals surface area contributed by atoms with Crippen molar-refractivity contribution in [1.82, 2.24) is 10.6 Å². The van der Waals surface area contributed by atoms with Crippen molar-refractivity contribution >= 4 is 5.91 Å². The van der Waals surface area contributed by atoms with Crippen LogP contribution in [0.15, 0.2) is 24.3 Å². The number of carbonyl (C=O) groups excluding carboxylic acids is 1. The van der Waals surface area contributed by atoms with E-state index in [1.54, 1.807) is 0 Å². The second-order valence-corrected chi connectivity index (χ2v) is 5.92. The number of hydrogen-bond donors (Lipinski definition) is 2. The molecule has 1 amide bonds. The van der Waals surface area contributed by atoms with Crippen LogP contribution in [0.3, 0.4) is 0 Å². The third-order valence-electron chi connectivity index (χ3n) is 3.70. The molecule has 0 unspecified atom stereocenters. The van der Waals surface area contributed by atoms with Crippen LogP contribution in [0.25, 0.3) is 0 Å². The number of carbonyl (C=O) groups is 1. The molecule has 0 heterocycles. The van der Waals surface area contributed by atoms with Crippen LogP contribution in [0.4, 0.5) is 0 Å². The van der Waals surface area contributed by atoms with Gasteiger partial charge in [0.05, 0.1) is 0 Å². The first-order valence-electron chi connectivity index (χ1n) is 7.50. The van der Waals surface area contributed by atoms with E-state index in [0.29, 0.717) is 13.0 Å². The van der Waals surface area contributed by atoms with Crippen LogP contribution in [0.1, 0.15) is 44.7 Å². The lowest BCUT2D eigenvalue weighted by Crippen LogP contribution is -2.36. The number of aryl methyl sites for hydroxylation is 1. The molecule has 0 aliphatic heterocycles. The first kappa shape index (κ1) is 16.7. The third-order valence-corrected chi connectivity index (χ3v) is 3.70. The molecule has 0 fully saturated rings. The number of hydrogen-bond acceptors (Lipinski definition) is 2. The lowest BCUT2D eigenvalue weighted by molar-refractivity contribution is -0.121. The zero-order valence-corrected chi connectivity index (χ0v) is 13.3. The van der Waals surface area contributed by atoms with E-state index < -0.39 is 0 Å². The fraction of sp³-hybridized carbons (Fsp3) is 0.588. The van der Waals surface area contributed by atoms with Gasteiger partial charge in [-0.2, -0.15) is 0 Å². The highest BCUT2D eigenvalue weighted by Crippen LogP contribution is 2.22. The first-order chi connectivity index (χ1) is 9.49. The predicted octanol–water partition coefficient (Wildman–Crippen LogP) is 2.64. The molecule has 3 nitrogen and oxygen atoms in total. The molecule has 1 rings (SSSR count). The van der Waals surface area contributed by atoms with Gasteiger partial charge in [-0.25, -0.2) is 0 Å². The Balaban J connectivity index is 2.49. The summed E-state index contributed by atoms with van der Waals surface area (Å²) in [4.78, 5) is 11.8. The van der Waals surface area contributed by atoms with Crippen molar-refractivity contribution in [3.05, 3.63) is 35.4 Å². The Bertz CT molecular complexity index is 410. The topological polar surface area (TPSA) is 41.1 Å². The van der Waals surface area contributed by atoms with Crippen molar-refractivity contribution in [2.45, 2.75) is 45.4 Å². The van der Waals surface area contributed by atoms with Crippen molar-refractivity contribution in [3.63, 3.8) is 0 Å². The predicted molar refractivity (Wildman–Crippen MR) is 85.0 cm³/mol. The van der Waals surface area contributed by atoms with E-state index in [0.717, 1.165) is 19.4 Å². The summed E-state index contributed by atoms with van der Waals surface area (Å²) >= 11 is 0. The van der Waals surface area contributed by atoms with Gasteiger partial charge in [-0.05, 0) is 37.6 Å². The second kappa shape index (κ2) is 8.05. The molecule has 0 radical (unpaired) electrons. The largest absolute Gasteiger partial charge is 0.355 e. The first-order valence-corrected chi connectivity index (χ1v) is 7.50. The summed E-state index contributed by atoms with van der Waals surface area (Å²) in [6, 6.07) is 8.69. The molecule has 0 aliphatic carbocycles. The second-order valence-electron chi connectivity index (χ2n) is 5.92. The van der Waals surface area contributed by atoms with Gasteiger partial charge in [0.25, 0.3) is 0 Å². The van der Waals surface area contributed by atoms with Gasteiger partial charge in [0.2, 0.25) is 5.91 Å². The zero-order valence-electron chi connectivity index (χ0n) is 13.3. The van der Waals surface area contributed by atoms with Gasteiger partial charge in [-0.15, -0.1) is 0 Å². The Hall–Kier alpha value is -1.35. The summed E-state index contributed by atoms with van der Waals surface area (Å²) in [7, 11) is 1.90. The lowest BCUT2D eigenvalue weighted by Gasteiger charge is -2.26. The highest BCUT2D eigenvalue weighted by Gasteiger charge is 2.21. The maximum Gasteiger partial charge on any atom is 0.220 e. The third kappa shape index (κ3) is 5.33. The van der Waals surface area contributed by atoms with Gasteiger partial charge in [0.1, 0.15) is 0 Å². The van der Waals surface area contributed by atoms with E-state index >= 15 is 0 Å². The minimum Gasteiger partial charge on any atom is -0.355 e. The number of benzene rings is 1. The van der Waals surface area contributed by atoms with Crippen LogP contribution in [0.5, 0.6) is 0 Å². The van der Waals surface area contributed by atoms with Gasteiger partial charge >= 0.3 is 0 Å². The summed E-state index contributed by atoms with van der Waals surface area (Å²) < 4.78 is 0. The molecule has 1 aromatic carbocycles. The molecule has 0 saturated carbocycles. The number of nitrogens with one attached hydrogen (secondary N) is 2. The monoisotopic (exact) mass is 276 g/mol. The van der Waals surface area contributed by atoms with Gasteiger partial charge in [0.15, 0.2) is 0 Å². The molecule has 0 bridgehead atoms. The SMILES string of the molecule is CCc1ccc(C(C)(C)CNC(=O)CCCNC)cc1. The Morgan fingerprint density at radius 2 is 1.85 bits per heavy atom. The van der Waals surface area contributed by atoms with Crippen LogP contribution < -0.4 is 10.6 Å². The minimum atomic E-state index is -0.0368. The van der Waals surface area contributed by atoms with Crippen LogP contribution in [-0.2, 0) is 16.6 Å². The van der Waals surface area contributed by atoms with E-state index in [1.807, 2.05) is 7.05 Å². The molecule has 0 spiro atoms. The van der Waals surface area contributed by atoms with E-state index in [-0.39, 0.29) is 11.3 Å². The maximum absolute atomic E-state index is 11.8. The lowest BCUT2D eigenvalue weighted by atomic mass is 9.84. The zero-order chi connectivity index (χ0) is 15.0. The van der Waals surface area contributed by atoms with Gasteiger partial charge in [-0.1, -0.05) is 45.0 Å². The standard InChI is InChI=1S/C17H28N2O/c1-5-14-8-10-15(11-9-14)17(2,3)13-19-16(20)7-6-12-18-4/h8-11,18H,5-7,12-13H2,1-4H3,(H,19,20). The molecule has 1 aromatic rings. The molecule has 0 aromatic heterocycles. The van der Waals surface area contributed by atoms with Crippen molar-refractivity contribution in [2.24, 2.45) is 0 Å². The van der Waals surface area contributed by atoms with Crippen molar-refractivity contribution in [2.75, 3.05) is 20.1 Å². The summed E-state index contributed by atoms with van der Waals surface area (Å²) in [5, 5.41) is 6.09. The van der Waals surface area contributed by atoms with Crippen LogP contribution in [0.2, 0.25) is 0 Å². The Kier molecular flexibility index (Phi) is 6.73. The number of amides is 1. The van der Waals surface area contributed by atoms with E-state index in [9.17, 15) is 4.79 Å².